The third-order valence-electron chi connectivity index (χ3n) is 3.02. The first-order valence-electron chi connectivity index (χ1n) is 5.99. The lowest BCUT2D eigenvalue weighted by molar-refractivity contribution is -0.145. The molecule has 1 aliphatic carbocycles. The number of carbonyl (C=O) groups is 2. The molecule has 18 heavy (non-hydrogen) atoms. The molecule has 5 nitrogen and oxygen atoms in total. The van der Waals surface area contributed by atoms with Crippen molar-refractivity contribution >= 4 is 11.9 Å². The molecule has 1 aliphatic rings. The monoisotopic (exact) mass is 253 g/mol. The summed E-state index contributed by atoms with van der Waals surface area (Å²) >= 11 is 0. The number of carboxylic acids is 2. The fourth-order valence-electron chi connectivity index (χ4n) is 2.00. The molecule has 0 bridgehead atoms. The molecule has 1 unspecified atom stereocenters. The molecule has 100 valence electrons. The van der Waals surface area contributed by atoms with Gasteiger partial charge in [0.1, 0.15) is 0 Å². The van der Waals surface area contributed by atoms with E-state index in [0.29, 0.717) is 13.0 Å². The first-order chi connectivity index (χ1) is 8.39. The molecule has 0 aromatic heterocycles. The van der Waals surface area contributed by atoms with Gasteiger partial charge in [-0.1, -0.05) is 13.0 Å². The van der Waals surface area contributed by atoms with Crippen molar-refractivity contribution < 1.29 is 19.8 Å². The minimum absolute atomic E-state index is 0.0301. The van der Waals surface area contributed by atoms with E-state index < -0.39 is 17.4 Å². The highest BCUT2D eigenvalue weighted by Gasteiger charge is 2.36. The quantitative estimate of drug-likeness (QED) is 0.623. The van der Waals surface area contributed by atoms with Crippen LogP contribution in [0, 0.1) is 5.41 Å². The Balaban J connectivity index is 2.92. The third kappa shape index (κ3) is 3.43. The zero-order chi connectivity index (χ0) is 13.8. The van der Waals surface area contributed by atoms with Crippen LogP contribution in [-0.4, -0.2) is 35.2 Å². The number of carboxylic acid groups (broad SMARTS) is 2. The van der Waals surface area contributed by atoms with Gasteiger partial charge in [0.05, 0.1) is 5.41 Å². The number of rotatable bonds is 6. The van der Waals surface area contributed by atoms with Gasteiger partial charge < -0.3 is 15.5 Å². The summed E-state index contributed by atoms with van der Waals surface area (Å²) < 4.78 is 0. The molecule has 5 heteroatoms. The molecule has 0 aromatic carbocycles. The summed E-state index contributed by atoms with van der Waals surface area (Å²) in [5.41, 5.74) is -0.192. The second kappa shape index (κ2) is 5.82. The van der Waals surface area contributed by atoms with Crippen molar-refractivity contribution in [3.8, 4) is 0 Å². The summed E-state index contributed by atoms with van der Waals surface area (Å²) in [5.74, 6) is -2.04. The first-order valence-corrected chi connectivity index (χ1v) is 5.99. The predicted octanol–water partition coefficient (Wildman–Crippen LogP) is 1.42. The van der Waals surface area contributed by atoms with Crippen LogP contribution in [0.4, 0.5) is 0 Å². The summed E-state index contributed by atoms with van der Waals surface area (Å²) in [4.78, 5) is 22.3. The maximum Gasteiger partial charge on any atom is 0.331 e. The number of allylic oxidation sites excluding steroid dienone is 1. The molecule has 0 saturated carbocycles. The van der Waals surface area contributed by atoms with Crippen LogP contribution in [0.3, 0.4) is 0 Å². The summed E-state index contributed by atoms with van der Waals surface area (Å²) in [7, 11) is 0. The van der Waals surface area contributed by atoms with Gasteiger partial charge in [-0.25, -0.2) is 4.79 Å². The smallest absolute Gasteiger partial charge is 0.331 e. The molecule has 0 aromatic rings. The van der Waals surface area contributed by atoms with E-state index in [1.54, 1.807) is 19.1 Å². The van der Waals surface area contributed by atoms with Gasteiger partial charge >= 0.3 is 11.9 Å². The average Bonchev–Trinajstić information content (AvgIpc) is 2.28. The van der Waals surface area contributed by atoms with Crippen LogP contribution >= 0.6 is 0 Å². The second-order valence-electron chi connectivity index (χ2n) is 4.70. The van der Waals surface area contributed by atoms with Crippen LogP contribution in [0.15, 0.2) is 23.3 Å². The van der Waals surface area contributed by atoms with Crippen LogP contribution < -0.4 is 5.32 Å². The van der Waals surface area contributed by atoms with Gasteiger partial charge in [0.25, 0.3) is 0 Å². The summed E-state index contributed by atoms with van der Waals surface area (Å²) in [6.45, 7) is 5.08. The van der Waals surface area contributed by atoms with Gasteiger partial charge in [-0.2, -0.15) is 0 Å². The molecule has 0 heterocycles. The van der Waals surface area contributed by atoms with E-state index in [-0.39, 0.29) is 12.0 Å². The number of nitrogens with one attached hydrogen (secondary N) is 1. The topological polar surface area (TPSA) is 86.6 Å². The molecule has 0 fully saturated rings. The van der Waals surface area contributed by atoms with E-state index in [9.17, 15) is 14.7 Å². The molecule has 0 saturated heterocycles. The van der Waals surface area contributed by atoms with E-state index in [2.05, 4.69) is 5.32 Å². The van der Waals surface area contributed by atoms with Crippen LogP contribution in [-0.2, 0) is 9.59 Å². The Morgan fingerprint density at radius 3 is 2.61 bits per heavy atom. The Morgan fingerprint density at radius 2 is 2.11 bits per heavy atom. The molecule has 0 amide bonds. The van der Waals surface area contributed by atoms with Crippen LogP contribution in [0.5, 0.6) is 0 Å². The SMILES string of the molecule is CCNCCC1=CC(C)(C(=O)O)CC(C(=O)O)=C1. The van der Waals surface area contributed by atoms with E-state index in [0.717, 1.165) is 12.1 Å². The van der Waals surface area contributed by atoms with Gasteiger partial charge in [0, 0.05) is 5.57 Å². The lowest BCUT2D eigenvalue weighted by Crippen LogP contribution is -2.30. The molecule has 1 atom stereocenters. The van der Waals surface area contributed by atoms with E-state index >= 15 is 0 Å². The van der Waals surface area contributed by atoms with Crippen molar-refractivity contribution in [2.45, 2.75) is 26.7 Å². The van der Waals surface area contributed by atoms with E-state index in [4.69, 9.17) is 5.11 Å². The third-order valence-corrected chi connectivity index (χ3v) is 3.02. The van der Waals surface area contributed by atoms with E-state index in [1.165, 1.54) is 0 Å². The Kier molecular flexibility index (Phi) is 4.67. The maximum atomic E-state index is 11.2. The molecular weight excluding hydrogens is 234 g/mol. The number of aliphatic carboxylic acids is 2. The Hall–Kier alpha value is -1.62. The van der Waals surface area contributed by atoms with Crippen LogP contribution in [0.2, 0.25) is 0 Å². The average molecular weight is 253 g/mol. The Morgan fingerprint density at radius 1 is 1.44 bits per heavy atom. The van der Waals surface area contributed by atoms with Crippen molar-refractivity contribution in [3.05, 3.63) is 23.3 Å². The zero-order valence-electron chi connectivity index (χ0n) is 10.7. The first kappa shape index (κ1) is 14.4. The minimum Gasteiger partial charge on any atom is -0.481 e. The van der Waals surface area contributed by atoms with Gasteiger partial charge in [0.2, 0.25) is 0 Å². The zero-order valence-corrected chi connectivity index (χ0v) is 10.7. The van der Waals surface area contributed by atoms with Crippen LogP contribution in [0.25, 0.3) is 0 Å². The Labute approximate surface area is 106 Å². The van der Waals surface area contributed by atoms with Gasteiger partial charge in [-0.05, 0) is 44.5 Å². The van der Waals surface area contributed by atoms with Crippen molar-refractivity contribution in [1.29, 1.82) is 0 Å². The van der Waals surface area contributed by atoms with Gasteiger partial charge in [-0.3, -0.25) is 4.79 Å². The lowest BCUT2D eigenvalue weighted by atomic mass is 9.77. The molecule has 0 aliphatic heterocycles. The maximum absolute atomic E-state index is 11.2. The number of hydrogen-bond acceptors (Lipinski definition) is 3. The fraction of sp³-hybridized carbons (Fsp3) is 0.538. The summed E-state index contributed by atoms with van der Waals surface area (Å²) in [6, 6.07) is 0. The molecule has 0 spiro atoms. The highest BCUT2D eigenvalue weighted by molar-refractivity contribution is 5.90. The molecule has 3 N–H and O–H groups in total. The van der Waals surface area contributed by atoms with Crippen molar-refractivity contribution in [3.63, 3.8) is 0 Å². The highest BCUT2D eigenvalue weighted by atomic mass is 16.4. The number of hydrogen-bond donors (Lipinski definition) is 3. The Bertz CT molecular complexity index is 411. The van der Waals surface area contributed by atoms with Gasteiger partial charge in [0.15, 0.2) is 0 Å². The van der Waals surface area contributed by atoms with Crippen molar-refractivity contribution in [1.82, 2.24) is 5.32 Å². The predicted molar refractivity (Wildman–Crippen MR) is 67.3 cm³/mol. The van der Waals surface area contributed by atoms with Gasteiger partial charge in [-0.15, -0.1) is 0 Å². The van der Waals surface area contributed by atoms with Crippen molar-refractivity contribution in [2.24, 2.45) is 5.41 Å². The van der Waals surface area contributed by atoms with Crippen LogP contribution in [0.1, 0.15) is 26.7 Å². The lowest BCUT2D eigenvalue weighted by Gasteiger charge is -2.26. The highest BCUT2D eigenvalue weighted by Crippen LogP contribution is 2.35. The van der Waals surface area contributed by atoms with E-state index in [1.807, 2.05) is 6.92 Å². The minimum atomic E-state index is -1.12. The molecular formula is C13H19NO4. The standard InChI is InChI=1S/C13H19NO4/c1-3-14-5-4-9-6-10(11(15)16)8-13(2,7-9)12(17)18/h6-7,14H,3-5,8H2,1-2H3,(H,15,16)(H,17,18). The molecule has 0 radical (unpaired) electrons. The molecule has 1 rings (SSSR count). The summed E-state index contributed by atoms with van der Waals surface area (Å²) in [5, 5.41) is 21.4. The summed E-state index contributed by atoms with van der Waals surface area (Å²) in [6.07, 6.45) is 3.92. The fourth-order valence-corrected chi connectivity index (χ4v) is 2.00. The second-order valence-corrected chi connectivity index (χ2v) is 4.70. The normalized spacial score (nSPS) is 23.2. The van der Waals surface area contributed by atoms with Crippen molar-refractivity contribution in [2.75, 3.05) is 13.1 Å². The largest absolute Gasteiger partial charge is 0.481 e.